The van der Waals surface area contributed by atoms with Crippen LogP contribution < -0.4 is 4.74 Å². The van der Waals surface area contributed by atoms with Crippen molar-refractivity contribution in [3.05, 3.63) is 58.7 Å². The summed E-state index contributed by atoms with van der Waals surface area (Å²) in [5.74, 6) is 0.109. The van der Waals surface area contributed by atoms with Gasteiger partial charge in [-0.05, 0) is 96.2 Å². The van der Waals surface area contributed by atoms with Crippen LogP contribution in [0.4, 0.5) is 0 Å². The van der Waals surface area contributed by atoms with Crippen molar-refractivity contribution in [1.29, 1.82) is 0 Å². The number of hydrogen-bond acceptors (Lipinski definition) is 7. The van der Waals surface area contributed by atoms with Gasteiger partial charge in [0.2, 0.25) is 0 Å². The lowest BCUT2D eigenvalue weighted by atomic mass is 9.90. The van der Waals surface area contributed by atoms with Gasteiger partial charge in [0, 0.05) is 12.0 Å². The summed E-state index contributed by atoms with van der Waals surface area (Å²) in [6.45, 7) is 9.71. The molecule has 7 heteroatoms. The van der Waals surface area contributed by atoms with Gasteiger partial charge < -0.3 is 25.2 Å². The second-order valence-corrected chi connectivity index (χ2v) is 9.92. The van der Waals surface area contributed by atoms with Crippen molar-refractivity contribution in [3.8, 4) is 11.5 Å². The lowest BCUT2D eigenvalue weighted by molar-refractivity contribution is -0.131. The predicted octanol–water partition coefficient (Wildman–Crippen LogP) is 3.89. The molecule has 1 aromatic rings. The molecule has 0 aliphatic rings. The number of allylic oxidation sites excluding steroid dienone is 3. The molecular formula is C28H40O7. The smallest absolute Gasteiger partial charge is 0.186 e. The first-order valence-corrected chi connectivity index (χ1v) is 11.7. The van der Waals surface area contributed by atoms with Crippen molar-refractivity contribution >= 4 is 11.6 Å². The Balaban J connectivity index is 2.72. The van der Waals surface area contributed by atoms with E-state index < -0.39 is 23.1 Å². The molecule has 1 aromatic carbocycles. The molecule has 7 nitrogen and oxygen atoms in total. The number of carbonyl (C=O) groups is 2. The molecule has 0 spiro atoms. The van der Waals surface area contributed by atoms with Crippen LogP contribution in [0.2, 0.25) is 0 Å². The van der Waals surface area contributed by atoms with Crippen LogP contribution in [-0.2, 0) is 16.0 Å². The molecule has 1 rings (SSSR count). The standard InChI is InChI=1S/C28H40O7/c1-18(8-9-21-17-23(30)16-20(3)26(21)35-7)14-22(29)15-19(2)24(31)10-13-28(6,34)25(32)11-12-27(4,5)33/h8,11-12,15-17,24,30-31,33-34H,9-10,13-14H2,1-7H3/b12-11+,18-8+,19-15-. The quantitative estimate of drug-likeness (QED) is 0.245. The topological polar surface area (TPSA) is 124 Å². The van der Waals surface area contributed by atoms with Gasteiger partial charge >= 0.3 is 0 Å². The summed E-state index contributed by atoms with van der Waals surface area (Å²) >= 11 is 0. The lowest BCUT2D eigenvalue weighted by Gasteiger charge is -2.22. The summed E-state index contributed by atoms with van der Waals surface area (Å²) < 4.78 is 5.42. The number of aromatic hydroxyl groups is 1. The van der Waals surface area contributed by atoms with E-state index in [1.54, 1.807) is 26.2 Å². The molecule has 0 radical (unpaired) electrons. The van der Waals surface area contributed by atoms with E-state index in [4.69, 9.17) is 4.74 Å². The summed E-state index contributed by atoms with van der Waals surface area (Å²) in [4.78, 5) is 24.7. The fraction of sp³-hybridized carbons (Fsp3) is 0.500. The van der Waals surface area contributed by atoms with Gasteiger partial charge in [-0.25, -0.2) is 0 Å². The second-order valence-electron chi connectivity index (χ2n) is 9.92. The summed E-state index contributed by atoms with van der Waals surface area (Å²) in [5, 5.41) is 40.4. The molecular weight excluding hydrogens is 448 g/mol. The Morgan fingerprint density at radius 3 is 2.34 bits per heavy atom. The molecule has 0 aliphatic carbocycles. The van der Waals surface area contributed by atoms with E-state index in [1.165, 1.54) is 32.9 Å². The highest BCUT2D eigenvalue weighted by Gasteiger charge is 2.29. The van der Waals surface area contributed by atoms with E-state index in [9.17, 15) is 30.0 Å². The van der Waals surface area contributed by atoms with Crippen LogP contribution in [0, 0.1) is 6.92 Å². The number of ketones is 2. The van der Waals surface area contributed by atoms with Gasteiger partial charge in [0.15, 0.2) is 11.6 Å². The number of aliphatic hydroxyl groups is 3. The summed E-state index contributed by atoms with van der Waals surface area (Å²) in [6.07, 6.45) is 5.49. The van der Waals surface area contributed by atoms with Crippen molar-refractivity contribution in [3.63, 3.8) is 0 Å². The number of methoxy groups -OCH3 is 1. The summed E-state index contributed by atoms with van der Waals surface area (Å²) in [6, 6.07) is 3.26. The summed E-state index contributed by atoms with van der Waals surface area (Å²) in [7, 11) is 1.57. The SMILES string of the molecule is COc1c(C)cc(O)cc1C/C=C(\C)CC(=O)/C=C(/C)C(O)CCC(C)(O)C(=O)/C=C/C(C)(C)O. The maximum atomic E-state index is 12.5. The average molecular weight is 489 g/mol. The van der Waals surface area contributed by atoms with Crippen LogP contribution in [0.15, 0.2) is 47.6 Å². The Morgan fingerprint density at radius 2 is 1.77 bits per heavy atom. The van der Waals surface area contributed by atoms with Crippen LogP contribution in [0.5, 0.6) is 11.5 Å². The molecule has 0 amide bonds. The Morgan fingerprint density at radius 1 is 1.14 bits per heavy atom. The van der Waals surface area contributed by atoms with Gasteiger partial charge in [0.05, 0.1) is 18.8 Å². The van der Waals surface area contributed by atoms with Gasteiger partial charge in [-0.3, -0.25) is 9.59 Å². The average Bonchev–Trinajstić information content (AvgIpc) is 2.73. The number of aryl methyl sites for hydroxylation is 1. The molecule has 0 saturated carbocycles. The normalized spacial score (nSPS) is 15.7. The Bertz CT molecular complexity index is 991. The Hall–Kier alpha value is -2.74. The molecule has 2 atom stereocenters. The van der Waals surface area contributed by atoms with Gasteiger partial charge in [0.1, 0.15) is 17.1 Å². The molecule has 4 N–H and O–H groups in total. The molecule has 194 valence electrons. The van der Waals surface area contributed by atoms with Gasteiger partial charge in [-0.2, -0.15) is 0 Å². The van der Waals surface area contributed by atoms with E-state index in [0.29, 0.717) is 17.7 Å². The van der Waals surface area contributed by atoms with Gasteiger partial charge in [-0.1, -0.05) is 17.7 Å². The molecule has 0 heterocycles. The van der Waals surface area contributed by atoms with Crippen LogP contribution in [0.25, 0.3) is 0 Å². The monoisotopic (exact) mass is 488 g/mol. The molecule has 35 heavy (non-hydrogen) atoms. The van der Waals surface area contributed by atoms with Gasteiger partial charge in [0.25, 0.3) is 0 Å². The fourth-order valence-electron chi connectivity index (χ4n) is 3.53. The van der Waals surface area contributed by atoms with E-state index in [-0.39, 0.29) is 30.8 Å². The first-order valence-electron chi connectivity index (χ1n) is 11.7. The highest BCUT2D eigenvalue weighted by atomic mass is 16.5. The zero-order valence-electron chi connectivity index (χ0n) is 21.9. The van der Waals surface area contributed by atoms with Crippen molar-refractivity contribution < 1.29 is 34.8 Å². The van der Waals surface area contributed by atoms with Crippen molar-refractivity contribution in [1.82, 2.24) is 0 Å². The number of carbonyl (C=O) groups excluding carboxylic acids is 2. The van der Waals surface area contributed by atoms with Crippen LogP contribution in [-0.4, -0.2) is 56.4 Å². The zero-order chi connectivity index (χ0) is 27.0. The second kappa shape index (κ2) is 12.8. The number of aliphatic hydroxyl groups excluding tert-OH is 1. The molecule has 0 saturated heterocycles. The van der Waals surface area contributed by atoms with Crippen LogP contribution in [0.3, 0.4) is 0 Å². The summed E-state index contributed by atoms with van der Waals surface area (Å²) in [5.41, 5.74) is 0.0550. The number of phenols is 1. The molecule has 0 fully saturated rings. The number of rotatable bonds is 13. The fourth-order valence-corrected chi connectivity index (χ4v) is 3.53. The van der Waals surface area contributed by atoms with E-state index in [2.05, 4.69) is 0 Å². The third-order valence-electron chi connectivity index (χ3n) is 5.66. The van der Waals surface area contributed by atoms with Gasteiger partial charge in [-0.15, -0.1) is 0 Å². The number of ether oxygens (including phenoxy) is 1. The Labute approximate surface area is 208 Å². The highest BCUT2D eigenvalue weighted by molar-refractivity contribution is 5.96. The molecule has 0 bridgehead atoms. The van der Waals surface area contributed by atoms with Crippen molar-refractivity contribution in [2.24, 2.45) is 0 Å². The van der Waals surface area contributed by atoms with E-state index in [1.807, 2.05) is 19.9 Å². The maximum absolute atomic E-state index is 12.5. The van der Waals surface area contributed by atoms with E-state index in [0.717, 1.165) is 22.8 Å². The molecule has 2 unspecified atom stereocenters. The predicted molar refractivity (Wildman–Crippen MR) is 137 cm³/mol. The van der Waals surface area contributed by atoms with Crippen molar-refractivity contribution in [2.45, 2.75) is 84.5 Å². The highest BCUT2D eigenvalue weighted by Crippen LogP contribution is 2.29. The zero-order valence-corrected chi connectivity index (χ0v) is 21.9. The number of phenolic OH excluding ortho intramolecular Hbond substituents is 1. The third kappa shape index (κ3) is 10.6. The minimum atomic E-state index is -1.70. The third-order valence-corrected chi connectivity index (χ3v) is 5.66. The first kappa shape index (κ1) is 30.3. The lowest BCUT2D eigenvalue weighted by Crippen LogP contribution is -2.35. The molecule has 0 aliphatic heterocycles. The van der Waals surface area contributed by atoms with E-state index >= 15 is 0 Å². The minimum Gasteiger partial charge on any atom is -0.508 e. The van der Waals surface area contributed by atoms with Crippen LogP contribution in [0.1, 0.15) is 65.0 Å². The van der Waals surface area contributed by atoms with Crippen molar-refractivity contribution in [2.75, 3.05) is 7.11 Å². The minimum absolute atomic E-state index is 0.00727. The van der Waals surface area contributed by atoms with Crippen LogP contribution >= 0.6 is 0 Å². The Kier molecular flexibility index (Phi) is 11.1. The number of benzene rings is 1. The first-order chi connectivity index (χ1) is 16.1. The largest absolute Gasteiger partial charge is 0.508 e. The number of hydrogen-bond donors (Lipinski definition) is 4. The maximum Gasteiger partial charge on any atom is 0.186 e. The molecule has 0 aromatic heterocycles.